The number of carbonyl (C=O) groups excluding carboxylic acids is 2. The molecule has 0 spiro atoms. The topological polar surface area (TPSA) is 233 Å². The number of hydrogen-bond acceptors (Lipinski definition) is 14. The molecule has 0 aromatic rings. The van der Waals surface area contributed by atoms with Gasteiger partial charge in [-0.05, 0) is 13.8 Å². The van der Waals surface area contributed by atoms with Crippen molar-refractivity contribution in [2.24, 2.45) is 0 Å². The third-order valence-corrected chi connectivity index (χ3v) is 6.24. The fourth-order valence-electron chi connectivity index (χ4n) is 4.29. The summed E-state index contributed by atoms with van der Waals surface area (Å²) < 4.78 is 20.0. The van der Waals surface area contributed by atoms with Gasteiger partial charge in [-0.25, -0.2) is 9.59 Å². The summed E-state index contributed by atoms with van der Waals surface area (Å²) in [5.41, 5.74) is -2.74. The zero-order chi connectivity index (χ0) is 27.8. The van der Waals surface area contributed by atoms with Gasteiger partial charge in [-0.15, -0.1) is 0 Å². The van der Waals surface area contributed by atoms with Crippen LogP contribution < -0.4 is 0 Å². The van der Waals surface area contributed by atoms with Gasteiger partial charge in [0.05, 0.1) is 51.8 Å². The molecule has 0 aliphatic carbocycles. The molecule has 10 unspecified atom stereocenters. The molecule has 22 heteroatoms. The quantitative estimate of drug-likeness (QED) is 0.110. The summed E-state index contributed by atoms with van der Waals surface area (Å²) in [4.78, 5) is 23.2. The van der Waals surface area contributed by atoms with Crippen LogP contribution in [0.15, 0.2) is 0 Å². The maximum Gasteiger partial charge on any atom is 0.337 e. The maximum atomic E-state index is 11.6. The standard InChI is InChI=1S/2C11H20O7.8Ac/c2*1-11(10(16)17-2)4-6(13)3-8(18-11)9(15)7(14)5-12;;;;;;;;/h2*6-9,12-15H,3-5H2,1-2H3;;;;;;;;. The molecule has 10 atom stereocenters. The number of aliphatic hydroxyl groups excluding tert-OH is 8. The first-order valence-electron chi connectivity index (χ1n) is 11.5. The van der Waals surface area contributed by atoms with E-state index in [0.717, 1.165) is 0 Å². The van der Waals surface area contributed by atoms with Gasteiger partial charge in [-0.3, -0.25) is 0 Å². The van der Waals surface area contributed by atoms with E-state index < -0.39 is 85.2 Å². The normalized spacial score (nSPS) is 29.4. The van der Waals surface area contributed by atoms with Crippen LogP contribution in [0.3, 0.4) is 0 Å². The molecule has 2 heterocycles. The largest absolute Gasteiger partial charge is 0.467 e. The van der Waals surface area contributed by atoms with Gasteiger partial charge in [0, 0.05) is 378 Å². The van der Waals surface area contributed by atoms with Gasteiger partial charge in [-0.2, -0.15) is 0 Å². The van der Waals surface area contributed by atoms with Crippen LogP contribution in [0.4, 0.5) is 0 Å². The molecule has 0 aromatic carbocycles. The van der Waals surface area contributed by atoms with Gasteiger partial charge < -0.3 is 59.8 Å². The molecule has 0 saturated carbocycles. The van der Waals surface area contributed by atoms with Crippen molar-refractivity contribution >= 4 is 11.9 Å². The molecule has 2 aliphatic heterocycles. The van der Waals surface area contributed by atoms with Gasteiger partial charge in [0.2, 0.25) is 0 Å². The Morgan fingerprint density at radius 3 is 1.11 bits per heavy atom. The number of ether oxygens (including phenoxy) is 4. The smallest absolute Gasteiger partial charge is 0.337 e. The second-order valence-electron chi connectivity index (χ2n) is 9.43. The Morgan fingerprint density at radius 1 is 0.659 bits per heavy atom. The average molecular weight is 2340 g/mol. The van der Waals surface area contributed by atoms with Gasteiger partial charge in [0.15, 0.2) is 11.2 Å². The van der Waals surface area contributed by atoms with Gasteiger partial charge in [-0.1, -0.05) is 0 Å². The summed E-state index contributed by atoms with van der Waals surface area (Å²) in [6.45, 7) is 1.64. The second kappa shape index (κ2) is 37.3. The van der Waals surface area contributed by atoms with Crippen LogP contribution in [0.2, 0.25) is 0 Å². The summed E-state index contributed by atoms with van der Waals surface area (Å²) in [7, 11) is 2.40. The molecule has 0 bridgehead atoms. The van der Waals surface area contributed by atoms with Crippen LogP contribution >= 0.6 is 0 Å². The van der Waals surface area contributed by atoms with Crippen LogP contribution in [0.5, 0.6) is 0 Å². The Labute approximate surface area is 545 Å². The average Bonchev–Trinajstić information content (AvgIpc) is 2.84. The number of esters is 2. The summed E-state index contributed by atoms with van der Waals surface area (Å²) in [6.07, 6.45) is -8.87. The van der Waals surface area contributed by atoms with Crippen molar-refractivity contribution < 1.29 is 422 Å². The fraction of sp³-hybridized carbons (Fsp3) is 0.909. The Hall–Kier alpha value is 10.1. The Morgan fingerprint density at radius 2 is 0.909 bits per heavy atom. The van der Waals surface area contributed by atoms with Crippen molar-refractivity contribution in [2.45, 2.75) is 99.6 Å². The first-order valence-corrected chi connectivity index (χ1v) is 11.5. The summed E-state index contributed by atoms with van der Waals surface area (Å²) in [5, 5.41) is 75.2. The van der Waals surface area contributed by atoms with Crippen molar-refractivity contribution in [1.82, 2.24) is 0 Å². The molecule has 44 heavy (non-hydrogen) atoms. The first kappa shape index (κ1) is 71.8. The molecule has 2 saturated heterocycles. The number of methoxy groups -OCH3 is 2. The monoisotopic (exact) mass is 2340 g/mol. The number of carbonyl (C=O) groups is 2. The Kier molecular flexibility index (Phi) is 60.9. The first-order chi connectivity index (χ1) is 16.7. The van der Waals surface area contributed by atoms with Crippen LogP contribution in [0.1, 0.15) is 39.5 Å². The van der Waals surface area contributed by atoms with Crippen LogP contribution in [0, 0.1) is 352 Å². The molecule has 14 nitrogen and oxygen atoms in total. The Balaban J connectivity index is -0.0000000831. The third kappa shape index (κ3) is 24.8. The predicted octanol–water partition coefficient (Wildman–Crippen LogP) is -3.66. The van der Waals surface area contributed by atoms with Crippen molar-refractivity contribution in [1.29, 1.82) is 0 Å². The minimum Gasteiger partial charge on any atom is -0.467 e. The maximum absolute atomic E-state index is 11.6. The molecule has 8 radical (unpaired) electrons. The van der Waals surface area contributed by atoms with Crippen LogP contribution in [-0.2, 0) is 28.5 Å². The number of hydrogen-bond donors (Lipinski definition) is 8. The van der Waals surface area contributed by atoms with Crippen molar-refractivity contribution in [3.05, 3.63) is 0 Å². The summed E-state index contributed by atoms with van der Waals surface area (Å²) >= 11 is 0. The molecular formula is C22H40Ac8O14. The third-order valence-electron chi connectivity index (χ3n) is 6.24. The summed E-state index contributed by atoms with van der Waals surface area (Å²) in [5.74, 6) is -1.31. The zero-order valence-corrected chi connectivity index (χ0v) is 63.5. The SMILES string of the molecule is COC(=O)C1(C)CC(O)CC(C(O)C(O)CO)O1.COC(=O)C1(C)CC(O)CC(C(O)C(O)CO)O1.[Ac].[Ac].[Ac].[Ac].[Ac].[Ac].[Ac].[Ac]. The van der Waals surface area contributed by atoms with E-state index in [1.54, 1.807) is 0 Å². The van der Waals surface area contributed by atoms with Gasteiger partial charge >= 0.3 is 11.9 Å². The Bertz CT molecular complexity index is 678. The van der Waals surface area contributed by atoms with Gasteiger partial charge in [0.1, 0.15) is 24.4 Å². The van der Waals surface area contributed by atoms with E-state index >= 15 is 0 Å². The van der Waals surface area contributed by atoms with E-state index in [0.29, 0.717) is 0 Å². The number of rotatable bonds is 8. The second-order valence-corrected chi connectivity index (χ2v) is 9.43. The van der Waals surface area contributed by atoms with Crippen molar-refractivity contribution in [3.8, 4) is 0 Å². The van der Waals surface area contributed by atoms with E-state index in [1.165, 1.54) is 28.1 Å². The van der Waals surface area contributed by atoms with E-state index in [2.05, 4.69) is 9.47 Å². The summed E-state index contributed by atoms with van der Waals surface area (Å²) in [6, 6.07) is 0. The van der Waals surface area contributed by atoms with Crippen molar-refractivity contribution in [3.63, 3.8) is 0 Å². The number of aliphatic hydroxyl groups is 8. The minimum absolute atomic E-state index is 0. The van der Waals surface area contributed by atoms with E-state index in [4.69, 9.17) is 19.7 Å². The van der Waals surface area contributed by atoms with Crippen molar-refractivity contribution in [2.75, 3.05) is 27.4 Å². The molecule has 2 rings (SSSR count). The molecule has 0 amide bonds. The molecule has 2 fully saturated rings. The van der Waals surface area contributed by atoms with Gasteiger partial charge in [0.25, 0.3) is 0 Å². The minimum atomic E-state index is -1.39. The molecule has 2 aliphatic rings. The van der Waals surface area contributed by atoms with E-state index in [-0.39, 0.29) is 378 Å². The molecule has 236 valence electrons. The molecule has 0 aromatic heterocycles. The molecule has 8 N–H and O–H groups in total. The zero-order valence-electron chi connectivity index (χ0n) is 25.5. The van der Waals surface area contributed by atoms with Crippen LogP contribution in [0.25, 0.3) is 0 Å². The fourth-order valence-corrected chi connectivity index (χ4v) is 4.29. The van der Waals surface area contributed by atoms with E-state index in [1.807, 2.05) is 0 Å². The van der Waals surface area contributed by atoms with Crippen LogP contribution in [-0.4, -0.2) is 140 Å². The van der Waals surface area contributed by atoms with E-state index in [9.17, 15) is 40.2 Å². The molecular weight excluding hydrogens is 2300 g/mol. The predicted molar refractivity (Wildman–Crippen MR) is 119 cm³/mol.